The van der Waals surface area contributed by atoms with Crippen molar-refractivity contribution < 1.29 is 8.78 Å². The summed E-state index contributed by atoms with van der Waals surface area (Å²) in [7, 11) is 0. The number of pyridine rings is 1. The molecule has 0 aliphatic rings. The van der Waals surface area contributed by atoms with Crippen LogP contribution in [0.5, 0.6) is 0 Å². The molecule has 1 rings (SSSR count). The molecule has 0 saturated carbocycles. The number of nitrogens with zero attached hydrogens (tertiary/aromatic N) is 1. The van der Waals surface area contributed by atoms with Crippen molar-refractivity contribution in [2.45, 2.75) is 25.1 Å². The molecule has 0 saturated heterocycles. The van der Waals surface area contributed by atoms with Gasteiger partial charge in [0, 0.05) is 17.5 Å². The van der Waals surface area contributed by atoms with Gasteiger partial charge in [-0.15, -0.1) is 0 Å². The zero-order valence-electron chi connectivity index (χ0n) is 7.39. The van der Waals surface area contributed by atoms with E-state index >= 15 is 0 Å². The molecule has 72 valence electrons. The molecule has 0 unspecified atom stereocenters. The second-order valence-electron chi connectivity index (χ2n) is 3.12. The van der Waals surface area contributed by atoms with E-state index in [9.17, 15) is 8.78 Å². The van der Waals surface area contributed by atoms with Gasteiger partial charge in [0.15, 0.2) is 0 Å². The third-order valence-electron chi connectivity index (χ3n) is 1.70. The minimum Gasteiger partial charge on any atom is -0.261 e. The van der Waals surface area contributed by atoms with Gasteiger partial charge in [-0.3, -0.25) is 4.98 Å². The molecule has 0 bridgehead atoms. The Morgan fingerprint density at radius 2 is 2.08 bits per heavy atom. The maximum Gasteiger partial charge on any atom is 0.348 e. The zero-order valence-corrected chi connectivity index (χ0v) is 8.15. The van der Waals surface area contributed by atoms with Crippen molar-refractivity contribution in [2.75, 3.05) is 0 Å². The summed E-state index contributed by atoms with van der Waals surface area (Å²) in [5.41, 5.74) is 0.422. The van der Waals surface area contributed by atoms with Gasteiger partial charge in [-0.2, -0.15) is 8.78 Å². The molecular weight excluding hydrogens is 196 g/mol. The Morgan fingerprint density at radius 1 is 1.46 bits per heavy atom. The Labute approximate surface area is 80.7 Å². The standard InChI is InChI=1S/C9H10ClF2N/c1-6(2)8-5-7(3-4-13-8)9(10,11)12/h3-6H,1-2H3. The second kappa shape index (κ2) is 3.58. The van der Waals surface area contributed by atoms with E-state index in [2.05, 4.69) is 4.98 Å². The van der Waals surface area contributed by atoms with E-state index in [1.165, 1.54) is 18.3 Å². The van der Waals surface area contributed by atoms with Crippen LogP contribution in [0.4, 0.5) is 8.78 Å². The molecule has 0 N–H and O–H groups in total. The summed E-state index contributed by atoms with van der Waals surface area (Å²) < 4.78 is 25.3. The van der Waals surface area contributed by atoms with Gasteiger partial charge in [0.2, 0.25) is 0 Å². The minimum atomic E-state index is -3.30. The molecule has 0 aromatic carbocycles. The molecule has 0 amide bonds. The van der Waals surface area contributed by atoms with E-state index in [-0.39, 0.29) is 11.5 Å². The largest absolute Gasteiger partial charge is 0.348 e. The topological polar surface area (TPSA) is 12.9 Å². The number of hydrogen-bond donors (Lipinski definition) is 0. The van der Waals surface area contributed by atoms with Crippen LogP contribution in [0.2, 0.25) is 0 Å². The third kappa shape index (κ3) is 2.62. The molecule has 0 atom stereocenters. The molecule has 13 heavy (non-hydrogen) atoms. The fraction of sp³-hybridized carbons (Fsp3) is 0.444. The Kier molecular flexibility index (Phi) is 2.86. The molecule has 0 spiro atoms. The van der Waals surface area contributed by atoms with E-state index < -0.39 is 5.38 Å². The molecule has 0 fully saturated rings. The highest BCUT2D eigenvalue weighted by Gasteiger charge is 2.28. The highest BCUT2D eigenvalue weighted by Crippen LogP contribution is 2.32. The predicted molar refractivity (Wildman–Crippen MR) is 48.1 cm³/mol. The van der Waals surface area contributed by atoms with Crippen molar-refractivity contribution >= 4 is 11.6 Å². The number of hydrogen-bond acceptors (Lipinski definition) is 1. The summed E-state index contributed by atoms with van der Waals surface area (Å²) in [6, 6.07) is 2.55. The van der Waals surface area contributed by atoms with Crippen molar-refractivity contribution in [3.05, 3.63) is 29.6 Å². The lowest BCUT2D eigenvalue weighted by Crippen LogP contribution is -2.05. The van der Waals surface area contributed by atoms with E-state index in [4.69, 9.17) is 11.6 Å². The number of halogens is 3. The van der Waals surface area contributed by atoms with Gasteiger partial charge < -0.3 is 0 Å². The van der Waals surface area contributed by atoms with Crippen molar-refractivity contribution in [3.8, 4) is 0 Å². The molecule has 1 aromatic heterocycles. The zero-order chi connectivity index (χ0) is 10.1. The lowest BCUT2D eigenvalue weighted by Gasteiger charge is -2.10. The Bertz CT molecular complexity index is 294. The number of alkyl halides is 3. The Balaban J connectivity index is 3.06. The fourth-order valence-electron chi connectivity index (χ4n) is 0.940. The van der Waals surface area contributed by atoms with E-state index in [1.54, 1.807) is 0 Å². The predicted octanol–water partition coefficient (Wildman–Crippen LogP) is 3.49. The summed E-state index contributed by atoms with van der Waals surface area (Å²) in [6.07, 6.45) is 1.35. The molecule has 0 aliphatic heterocycles. The van der Waals surface area contributed by atoms with Gasteiger partial charge >= 0.3 is 5.38 Å². The van der Waals surface area contributed by atoms with Crippen LogP contribution in [0.3, 0.4) is 0 Å². The van der Waals surface area contributed by atoms with Crippen LogP contribution in [-0.2, 0) is 5.38 Å². The highest BCUT2D eigenvalue weighted by molar-refractivity contribution is 6.21. The quantitative estimate of drug-likeness (QED) is 0.674. The number of aromatic nitrogens is 1. The van der Waals surface area contributed by atoms with Crippen molar-refractivity contribution in [1.82, 2.24) is 4.98 Å². The van der Waals surface area contributed by atoms with Gasteiger partial charge in [-0.05, 0) is 29.7 Å². The van der Waals surface area contributed by atoms with Gasteiger partial charge in [0.25, 0.3) is 0 Å². The summed E-state index contributed by atoms with van der Waals surface area (Å²) in [4.78, 5) is 3.96. The fourth-order valence-corrected chi connectivity index (χ4v) is 1.06. The third-order valence-corrected chi connectivity index (χ3v) is 1.92. The van der Waals surface area contributed by atoms with Crippen LogP contribution in [0.1, 0.15) is 31.0 Å². The second-order valence-corrected chi connectivity index (χ2v) is 3.60. The molecule has 4 heteroatoms. The smallest absolute Gasteiger partial charge is 0.261 e. The van der Waals surface area contributed by atoms with E-state index in [0.717, 1.165) is 0 Å². The maximum atomic E-state index is 12.6. The monoisotopic (exact) mass is 205 g/mol. The SMILES string of the molecule is CC(C)c1cc(C(F)(F)Cl)ccn1. The van der Waals surface area contributed by atoms with Crippen LogP contribution in [0.25, 0.3) is 0 Å². The Morgan fingerprint density at radius 3 is 2.54 bits per heavy atom. The molecule has 0 radical (unpaired) electrons. The van der Waals surface area contributed by atoms with E-state index in [1.807, 2.05) is 13.8 Å². The lowest BCUT2D eigenvalue weighted by atomic mass is 10.1. The average molecular weight is 206 g/mol. The lowest BCUT2D eigenvalue weighted by molar-refractivity contribution is 0.0949. The highest BCUT2D eigenvalue weighted by atomic mass is 35.5. The average Bonchev–Trinajstić information content (AvgIpc) is 2.03. The maximum absolute atomic E-state index is 12.6. The molecule has 0 aliphatic carbocycles. The van der Waals surface area contributed by atoms with Gasteiger partial charge in [-0.1, -0.05) is 13.8 Å². The van der Waals surface area contributed by atoms with Crippen molar-refractivity contribution in [3.63, 3.8) is 0 Å². The summed E-state index contributed by atoms with van der Waals surface area (Å²) in [6.45, 7) is 3.77. The molecule has 1 aromatic rings. The van der Waals surface area contributed by atoms with Crippen LogP contribution < -0.4 is 0 Å². The first-order valence-corrected chi connectivity index (χ1v) is 4.32. The molecule has 1 heterocycles. The number of rotatable bonds is 2. The first-order valence-electron chi connectivity index (χ1n) is 3.94. The van der Waals surface area contributed by atoms with Gasteiger partial charge in [0.1, 0.15) is 0 Å². The van der Waals surface area contributed by atoms with E-state index in [0.29, 0.717) is 5.69 Å². The van der Waals surface area contributed by atoms with Crippen LogP contribution in [0.15, 0.2) is 18.3 Å². The summed E-state index contributed by atoms with van der Waals surface area (Å²) >= 11 is 4.87. The normalized spacial score (nSPS) is 12.2. The summed E-state index contributed by atoms with van der Waals surface area (Å²) in [5.74, 6) is 0.124. The van der Waals surface area contributed by atoms with Crippen molar-refractivity contribution in [1.29, 1.82) is 0 Å². The first-order chi connectivity index (χ1) is 5.91. The van der Waals surface area contributed by atoms with Crippen LogP contribution >= 0.6 is 11.6 Å². The first kappa shape index (κ1) is 10.4. The van der Waals surface area contributed by atoms with Gasteiger partial charge in [-0.25, -0.2) is 0 Å². The van der Waals surface area contributed by atoms with Gasteiger partial charge in [0.05, 0.1) is 0 Å². The molecular formula is C9H10ClF2N. The van der Waals surface area contributed by atoms with Crippen molar-refractivity contribution in [2.24, 2.45) is 0 Å². The Hall–Kier alpha value is -0.700. The minimum absolute atomic E-state index is 0.124. The molecule has 1 nitrogen and oxygen atoms in total. The summed E-state index contributed by atoms with van der Waals surface area (Å²) in [5, 5.41) is -3.30. The van der Waals surface area contributed by atoms with Crippen LogP contribution in [0, 0.1) is 0 Å². The van der Waals surface area contributed by atoms with Crippen LogP contribution in [-0.4, -0.2) is 4.98 Å².